The molecule has 5 nitrogen and oxygen atoms in total. The van der Waals surface area contributed by atoms with Crippen LogP contribution >= 0.6 is 0 Å². The zero-order valence-corrected chi connectivity index (χ0v) is 21.4. The van der Waals surface area contributed by atoms with Gasteiger partial charge in [0, 0.05) is 12.2 Å². The third kappa shape index (κ3) is 4.87. The standard InChI is InChI=1S/C33H29NO4/c1-5-31(35)37-29-16-14-25(19-22(29)3)33(26-15-17-30(23(4)20-26)38-32(36)6-2)21-24(11-9-10-18-34)27-12-7-8-13-28(27)33/h5-21H,1-2,34H2,3-4H3/b11-9-,18-10-. The summed E-state index contributed by atoms with van der Waals surface area (Å²) in [4.78, 5) is 23.7. The maximum atomic E-state index is 11.8. The quantitative estimate of drug-likeness (QED) is 0.170. The first-order valence-electron chi connectivity index (χ1n) is 12.1. The summed E-state index contributed by atoms with van der Waals surface area (Å²) in [5.41, 5.74) is 11.7. The number of rotatable bonds is 8. The highest BCUT2D eigenvalue weighted by molar-refractivity contribution is 5.87. The van der Waals surface area contributed by atoms with Crippen LogP contribution < -0.4 is 15.2 Å². The Labute approximate surface area is 222 Å². The van der Waals surface area contributed by atoms with Crippen molar-refractivity contribution in [3.63, 3.8) is 0 Å². The van der Waals surface area contributed by atoms with E-state index in [1.54, 1.807) is 6.08 Å². The highest BCUT2D eigenvalue weighted by Gasteiger charge is 2.41. The minimum absolute atomic E-state index is 0.472. The SMILES string of the molecule is C=CC(=O)Oc1ccc(C2(c3ccc(OC(=O)C=C)c(C)c3)C=C(/C=C\C=C/N)c3ccccc32)cc1C. The van der Waals surface area contributed by atoms with Gasteiger partial charge in [-0.3, -0.25) is 0 Å². The third-order valence-electron chi connectivity index (χ3n) is 6.55. The van der Waals surface area contributed by atoms with Crippen LogP contribution in [0.15, 0.2) is 116 Å². The predicted octanol–water partition coefficient (Wildman–Crippen LogP) is 6.25. The number of aryl methyl sites for hydroxylation is 2. The largest absolute Gasteiger partial charge is 0.423 e. The number of ether oxygens (including phenoxy) is 2. The normalized spacial score (nSPS) is 13.7. The van der Waals surface area contributed by atoms with E-state index in [9.17, 15) is 9.59 Å². The van der Waals surface area contributed by atoms with Crippen molar-refractivity contribution < 1.29 is 19.1 Å². The molecule has 190 valence electrons. The molecule has 0 heterocycles. The molecule has 0 spiro atoms. The second kappa shape index (κ2) is 11.0. The van der Waals surface area contributed by atoms with Gasteiger partial charge < -0.3 is 15.2 Å². The summed E-state index contributed by atoms with van der Waals surface area (Å²) < 4.78 is 10.9. The van der Waals surface area contributed by atoms with Crippen molar-refractivity contribution in [1.82, 2.24) is 0 Å². The summed E-state index contributed by atoms with van der Waals surface area (Å²) in [5, 5.41) is 0. The molecule has 0 aliphatic heterocycles. The molecule has 1 aliphatic rings. The number of hydrogen-bond donors (Lipinski definition) is 1. The van der Waals surface area contributed by atoms with Crippen molar-refractivity contribution in [2.75, 3.05) is 0 Å². The van der Waals surface area contributed by atoms with Gasteiger partial charge in [0.15, 0.2) is 0 Å². The molecule has 0 bridgehead atoms. The van der Waals surface area contributed by atoms with Crippen molar-refractivity contribution in [2.45, 2.75) is 19.3 Å². The van der Waals surface area contributed by atoms with Gasteiger partial charge in [0.05, 0.1) is 5.41 Å². The van der Waals surface area contributed by atoms with Crippen LogP contribution in [0.3, 0.4) is 0 Å². The Morgan fingerprint density at radius 1 is 0.816 bits per heavy atom. The molecule has 3 aromatic rings. The number of nitrogens with two attached hydrogens (primary N) is 1. The number of esters is 2. The van der Waals surface area contributed by atoms with Gasteiger partial charge in [-0.15, -0.1) is 0 Å². The van der Waals surface area contributed by atoms with Gasteiger partial charge in [-0.25, -0.2) is 9.59 Å². The molecule has 0 fully saturated rings. The van der Waals surface area contributed by atoms with Gasteiger partial charge in [0.1, 0.15) is 11.5 Å². The zero-order valence-electron chi connectivity index (χ0n) is 21.4. The van der Waals surface area contributed by atoms with Gasteiger partial charge in [-0.1, -0.05) is 79.9 Å². The third-order valence-corrected chi connectivity index (χ3v) is 6.55. The van der Waals surface area contributed by atoms with E-state index in [4.69, 9.17) is 15.2 Å². The van der Waals surface area contributed by atoms with Gasteiger partial charge >= 0.3 is 11.9 Å². The van der Waals surface area contributed by atoms with E-state index in [0.717, 1.165) is 51.1 Å². The number of hydrogen-bond acceptors (Lipinski definition) is 5. The molecule has 0 amide bonds. The van der Waals surface area contributed by atoms with Crippen LogP contribution in [0.1, 0.15) is 33.4 Å². The Morgan fingerprint density at radius 3 is 1.87 bits per heavy atom. The van der Waals surface area contributed by atoms with E-state index in [1.807, 2.05) is 74.5 Å². The van der Waals surface area contributed by atoms with Gasteiger partial charge in [-0.2, -0.15) is 0 Å². The molecular formula is C33H29NO4. The lowest BCUT2D eigenvalue weighted by molar-refractivity contribution is -0.129. The Balaban J connectivity index is 1.97. The average Bonchev–Trinajstić information content (AvgIpc) is 3.26. The lowest BCUT2D eigenvalue weighted by Gasteiger charge is -2.32. The monoisotopic (exact) mass is 503 g/mol. The summed E-state index contributed by atoms with van der Waals surface area (Å²) >= 11 is 0. The first-order valence-corrected chi connectivity index (χ1v) is 12.1. The highest BCUT2D eigenvalue weighted by atomic mass is 16.5. The Morgan fingerprint density at radius 2 is 1.37 bits per heavy atom. The smallest absolute Gasteiger partial charge is 0.335 e. The van der Waals surface area contributed by atoms with E-state index in [1.165, 1.54) is 6.20 Å². The maximum Gasteiger partial charge on any atom is 0.335 e. The van der Waals surface area contributed by atoms with Crippen molar-refractivity contribution in [3.8, 4) is 11.5 Å². The van der Waals surface area contributed by atoms with Crippen LogP contribution in [0.25, 0.3) is 5.57 Å². The minimum atomic E-state index is -0.667. The molecule has 0 atom stereocenters. The summed E-state index contributed by atoms with van der Waals surface area (Å²) in [6.45, 7) is 10.8. The summed E-state index contributed by atoms with van der Waals surface area (Å²) in [7, 11) is 0. The fraction of sp³-hybridized carbons (Fsp3) is 0.0909. The van der Waals surface area contributed by atoms with Crippen molar-refractivity contribution in [3.05, 3.63) is 150 Å². The zero-order chi connectivity index (χ0) is 27.3. The summed E-state index contributed by atoms with van der Waals surface area (Å²) in [6.07, 6.45) is 11.7. The van der Waals surface area contributed by atoms with Crippen LogP contribution in [0.5, 0.6) is 11.5 Å². The molecule has 3 aromatic carbocycles. The molecule has 0 unspecified atom stereocenters. The van der Waals surface area contributed by atoms with Crippen molar-refractivity contribution in [1.29, 1.82) is 0 Å². The van der Waals surface area contributed by atoms with Crippen LogP contribution in [-0.4, -0.2) is 11.9 Å². The molecule has 2 N–H and O–H groups in total. The van der Waals surface area contributed by atoms with E-state index < -0.39 is 17.4 Å². The van der Waals surface area contributed by atoms with Gasteiger partial charge in [0.2, 0.25) is 0 Å². The first-order chi connectivity index (χ1) is 18.3. The van der Waals surface area contributed by atoms with Crippen molar-refractivity contribution >= 4 is 17.5 Å². The van der Waals surface area contributed by atoms with E-state index in [2.05, 4.69) is 31.4 Å². The van der Waals surface area contributed by atoms with Crippen LogP contribution in [0, 0.1) is 13.8 Å². The number of fused-ring (bicyclic) bond motifs is 1. The topological polar surface area (TPSA) is 78.6 Å². The minimum Gasteiger partial charge on any atom is -0.423 e. The van der Waals surface area contributed by atoms with Gasteiger partial charge in [0.25, 0.3) is 0 Å². The average molecular weight is 504 g/mol. The number of carbonyl (C=O) groups excluding carboxylic acids is 2. The van der Waals surface area contributed by atoms with Crippen LogP contribution in [0.2, 0.25) is 0 Å². The fourth-order valence-electron chi connectivity index (χ4n) is 4.79. The fourth-order valence-corrected chi connectivity index (χ4v) is 4.79. The Bertz CT molecular complexity index is 1450. The summed E-state index contributed by atoms with van der Waals surface area (Å²) in [5.74, 6) is -0.0788. The van der Waals surface area contributed by atoms with E-state index >= 15 is 0 Å². The number of allylic oxidation sites excluding steroid dienone is 5. The first kappa shape index (κ1) is 26.2. The second-order valence-electron chi connectivity index (χ2n) is 8.91. The molecule has 0 radical (unpaired) electrons. The van der Waals surface area contributed by atoms with Crippen LogP contribution in [-0.2, 0) is 15.0 Å². The lowest BCUT2D eigenvalue weighted by Crippen LogP contribution is -2.26. The Hall–Kier alpha value is -4.90. The molecule has 38 heavy (non-hydrogen) atoms. The second-order valence-corrected chi connectivity index (χ2v) is 8.91. The molecule has 0 aromatic heterocycles. The molecule has 0 saturated heterocycles. The highest BCUT2D eigenvalue weighted by Crippen LogP contribution is 2.51. The molecular weight excluding hydrogens is 474 g/mol. The van der Waals surface area contributed by atoms with E-state index in [0.29, 0.717) is 11.5 Å². The Kier molecular flexibility index (Phi) is 7.58. The number of benzene rings is 3. The van der Waals surface area contributed by atoms with Crippen LogP contribution in [0.4, 0.5) is 0 Å². The predicted molar refractivity (Wildman–Crippen MR) is 151 cm³/mol. The summed E-state index contributed by atoms with van der Waals surface area (Å²) in [6, 6.07) is 19.9. The molecule has 1 aliphatic carbocycles. The number of carbonyl (C=O) groups is 2. The lowest BCUT2D eigenvalue weighted by atomic mass is 9.70. The molecule has 0 saturated carbocycles. The molecule has 5 heteroatoms. The molecule has 4 rings (SSSR count). The van der Waals surface area contributed by atoms with E-state index in [-0.39, 0.29) is 0 Å². The maximum absolute atomic E-state index is 11.8. The van der Waals surface area contributed by atoms with Crippen molar-refractivity contribution in [2.24, 2.45) is 5.73 Å². The van der Waals surface area contributed by atoms with Gasteiger partial charge in [-0.05, 0) is 77.2 Å².